The Kier molecular flexibility index (Phi) is 3.58. The molecule has 0 amide bonds. The van der Waals surface area contributed by atoms with Crippen LogP contribution in [0.5, 0.6) is 11.8 Å². The van der Waals surface area contributed by atoms with Gasteiger partial charge in [-0.2, -0.15) is 9.97 Å². The number of hydrogen-bond acceptors (Lipinski definition) is 4. The molecule has 0 radical (unpaired) electrons. The predicted octanol–water partition coefficient (Wildman–Crippen LogP) is 2.47. The van der Waals surface area contributed by atoms with Crippen LogP contribution in [0, 0.1) is 0 Å². The molecule has 1 aromatic heterocycles. The molecule has 88 valence electrons. The summed E-state index contributed by atoms with van der Waals surface area (Å²) in [4.78, 5) is 8.52. The maximum Gasteiger partial charge on any atom is 0.235 e. The third kappa shape index (κ3) is 2.42. The Morgan fingerprint density at radius 2 is 2.06 bits per heavy atom. The highest BCUT2D eigenvalue weighted by molar-refractivity contribution is 9.10. The van der Waals surface area contributed by atoms with E-state index in [9.17, 15) is 4.39 Å². The van der Waals surface area contributed by atoms with Crippen molar-refractivity contribution in [1.29, 1.82) is 0 Å². The molecule has 1 aliphatic rings. The minimum Gasteiger partial charge on any atom is -0.480 e. The first kappa shape index (κ1) is 11.6. The quantitative estimate of drug-likeness (QED) is 0.836. The average Bonchev–Trinajstić information content (AvgIpc) is 3.11. The van der Waals surface area contributed by atoms with Crippen molar-refractivity contribution in [3.63, 3.8) is 0 Å². The van der Waals surface area contributed by atoms with Crippen LogP contribution in [0.3, 0.4) is 0 Å². The fourth-order valence-electron chi connectivity index (χ4n) is 1.31. The molecule has 1 aromatic rings. The van der Waals surface area contributed by atoms with Gasteiger partial charge in [0.05, 0.1) is 7.11 Å². The predicted molar refractivity (Wildman–Crippen MR) is 59.7 cm³/mol. The van der Waals surface area contributed by atoms with E-state index < -0.39 is 6.67 Å². The highest BCUT2D eigenvalue weighted by Crippen LogP contribution is 2.41. The van der Waals surface area contributed by atoms with Gasteiger partial charge < -0.3 is 9.47 Å². The summed E-state index contributed by atoms with van der Waals surface area (Å²) < 4.78 is 22.9. The van der Waals surface area contributed by atoms with Crippen LogP contribution in [0.25, 0.3) is 0 Å². The van der Waals surface area contributed by atoms with E-state index in [-0.39, 0.29) is 6.61 Å². The summed E-state index contributed by atoms with van der Waals surface area (Å²) in [5, 5.41) is 0. The molecule has 1 heterocycles. The summed E-state index contributed by atoms with van der Waals surface area (Å²) in [6, 6.07) is 0. The molecule has 4 nitrogen and oxygen atoms in total. The van der Waals surface area contributed by atoms with Crippen molar-refractivity contribution in [2.24, 2.45) is 0 Å². The second-order valence-corrected chi connectivity index (χ2v) is 4.31. The van der Waals surface area contributed by atoms with E-state index in [1.54, 1.807) is 0 Å². The molecule has 1 fully saturated rings. The monoisotopic (exact) mass is 290 g/mol. The average molecular weight is 291 g/mol. The summed E-state index contributed by atoms with van der Waals surface area (Å²) >= 11 is 3.28. The molecule has 0 bridgehead atoms. The van der Waals surface area contributed by atoms with Gasteiger partial charge in [0, 0.05) is 5.92 Å². The molecule has 6 heteroatoms. The van der Waals surface area contributed by atoms with E-state index in [2.05, 4.69) is 25.9 Å². The Labute approximate surface area is 101 Å². The Morgan fingerprint density at radius 3 is 2.62 bits per heavy atom. The van der Waals surface area contributed by atoms with Crippen LogP contribution in [0.4, 0.5) is 4.39 Å². The summed E-state index contributed by atoms with van der Waals surface area (Å²) in [6.07, 6.45) is 2.18. The highest BCUT2D eigenvalue weighted by Gasteiger charge is 2.29. The van der Waals surface area contributed by atoms with Crippen molar-refractivity contribution in [3.05, 3.63) is 10.3 Å². The smallest absolute Gasteiger partial charge is 0.235 e. The first-order chi connectivity index (χ1) is 7.76. The van der Waals surface area contributed by atoms with Gasteiger partial charge in [-0.3, -0.25) is 0 Å². The Hall–Kier alpha value is -0.910. The van der Waals surface area contributed by atoms with Crippen LogP contribution >= 0.6 is 15.9 Å². The number of nitrogens with zero attached hydrogens (tertiary/aromatic N) is 2. The van der Waals surface area contributed by atoms with Gasteiger partial charge in [-0.05, 0) is 28.8 Å². The number of rotatable bonds is 5. The van der Waals surface area contributed by atoms with Crippen LogP contribution in [0.15, 0.2) is 4.47 Å². The number of aromatic nitrogens is 2. The van der Waals surface area contributed by atoms with Crippen molar-refractivity contribution in [3.8, 4) is 11.8 Å². The number of halogens is 2. The zero-order valence-corrected chi connectivity index (χ0v) is 10.5. The molecule has 0 spiro atoms. The summed E-state index contributed by atoms with van der Waals surface area (Å²) in [5.74, 6) is 1.90. The fourth-order valence-corrected chi connectivity index (χ4v) is 1.77. The topological polar surface area (TPSA) is 44.2 Å². The van der Waals surface area contributed by atoms with Crippen molar-refractivity contribution in [2.75, 3.05) is 20.4 Å². The maximum absolute atomic E-state index is 12.0. The molecule has 0 saturated heterocycles. The van der Waals surface area contributed by atoms with Crippen molar-refractivity contribution in [2.45, 2.75) is 18.8 Å². The van der Waals surface area contributed by atoms with Gasteiger partial charge in [-0.15, -0.1) is 0 Å². The number of hydrogen-bond donors (Lipinski definition) is 0. The molecule has 1 saturated carbocycles. The zero-order chi connectivity index (χ0) is 11.5. The van der Waals surface area contributed by atoms with E-state index >= 15 is 0 Å². The first-order valence-electron chi connectivity index (χ1n) is 5.06. The van der Waals surface area contributed by atoms with Crippen molar-refractivity contribution < 1.29 is 13.9 Å². The minimum absolute atomic E-state index is 0.0110. The van der Waals surface area contributed by atoms with Crippen LogP contribution in [0.2, 0.25) is 0 Å². The number of alkyl halides is 1. The number of ether oxygens (including phenoxy) is 2. The van der Waals surface area contributed by atoms with Gasteiger partial charge in [0.15, 0.2) is 0 Å². The lowest BCUT2D eigenvalue weighted by atomic mass is 10.4. The normalized spacial score (nSPS) is 14.9. The van der Waals surface area contributed by atoms with Gasteiger partial charge >= 0.3 is 0 Å². The zero-order valence-electron chi connectivity index (χ0n) is 8.87. The molecule has 0 N–H and O–H groups in total. The summed E-state index contributed by atoms with van der Waals surface area (Å²) in [5.41, 5.74) is 0. The Bertz CT molecular complexity index is 385. The third-order valence-corrected chi connectivity index (χ3v) is 2.94. The molecular weight excluding hydrogens is 279 g/mol. The Morgan fingerprint density at radius 1 is 1.38 bits per heavy atom. The summed E-state index contributed by atoms with van der Waals surface area (Å²) in [6.45, 7) is -0.555. The molecule has 1 aliphatic carbocycles. The maximum atomic E-state index is 12.0. The highest BCUT2D eigenvalue weighted by atomic mass is 79.9. The van der Waals surface area contributed by atoms with Crippen molar-refractivity contribution in [1.82, 2.24) is 9.97 Å². The standard InChI is InChI=1S/C10H12BrFN2O2/c1-15-9-7(11)10(16-5-4-12)14-8(13-9)6-2-3-6/h6H,2-5H2,1H3. The second kappa shape index (κ2) is 4.95. The lowest BCUT2D eigenvalue weighted by molar-refractivity contribution is 0.259. The minimum atomic E-state index is -0.544. The largest absolute Gasteiger partial charge is 0.480 e. The molecule has 0 atom stereocenters. The lowest BCUT2D eigenvalue weighted by Crippen LogP contribution is -2.05. The first-order valence-corrected chi connectivity index (χ1v) is 5.85. The van der Waals surface area contributed by atoms with Gasteiger partial charge in [0.2, 0.25) is 11.8 Å². The molecule has 2 rings (SSSR count). The Balaban J connectivity index is 2.28. The SMILES string of the molecule is COc1nc(C2CC2)nc(OCCF)c1Br. The second-order valence-electron chi connectivity index (χ2n) is 3.52. The van der Waals surface area contributed by atoms with E-state index in [1.807, 2.05) is 0 Å². The van der Waals surface area contributed by atoms with Crippen LogP contribution in [-0.2, 0) is 0 Å². The van der Waals surface area contributed by atoms with Crippen LogP contribution in [0.1, 0.15) is 24.6 Å². The van der Waals surface area contributed by atoms with E-state index in [4.69, 9.17) is 9.47 Å². The van der Waals surface area contributed by atoms with Gasteiger partial charge in [0.1, 0.15) is 23.6 Å². The van der Waals surface area contributed by atoms with Gasteiger partial charge in [-0.1, -0.05) is 0 Å². The van der Waals surface area contributed by atoms with Gasteiger partial charge in [0.25, 0.3) is 0 Å². The van der Waals surface area contributed by atoms with Gasteiger partial charge in [-0.25, -0.2) is 4.39 Å². The molecule has 0 unspecified atom stereocenters. The number of methoxy groups -OCH3 is 1. The van der Waals surface area contributed by atoms with Crippen molar-refractivity contribution >= 4 is 15.9 Å². The third-order valence-electron chi connectivity index (χ3n) is 2.26. The van der Waals surface area contributed by atoms with E-state index in [0.29, 0.717) is 28.0 Å². The van der Waals surface area contributed by atoms with E-state index in [0.717, 1.165) is 12.8 Å². The molecule has 0 aliphatic heterocycles. The van der Waals surface area contributed by atoms with Crippen LogP contribution < -0.4 is 9.47 Å². The molecule has 16 heavy (non-hydrogen) atoms. The molecule has 0 aromatic carbocycles. The van der Waals surface area contributed by atoms with Crippen LogP contribution in [-0.4, -0.2) is 30.4 Å². The lowest BCUT2D eigenvalue weighted by Gasteiger charge is -2.10. The van der Waals surface area contributed by atoms with E-state index in [1.165, 1.54) is 7.11 Å². The molecular formula is C10H12BrFN2O2. The summed E-state index contributed by atoms with van der Waals surface area (Å²) in [7, 11) is 1.53. The fraction of sp³-hybridized carbons (Fsp3) is 0.600.